The fraction of sp³-hybridized carbons (Fsp3) is 0.667. The van der Waals surface area contributed by atoms with E-state index in [4.69, 9.17) is 0 Å². The second-order valence-corrected chi connectivity index (χ2v) is 5.65. The maximum Gasteiger partial charge on any atom is 0.275 e. The molecule has 1 amide bonds. The number of carbonyl (C=O) groups excluding carboxylic acids is 1. The first-order valence-electron chi connectivity index (χ1n) is 4.90. The van der Waals surface area contributed by atoms with E-state index in [-0.39, 0.29) is 11.9 Å². The van der Waals surface area contributed by atoms with Crippen LogP contribution in [-0.2, 0) is 0 Å². The van der Waals surface area contributed by atoms with Crippen molar-refractivity contribution in [2.24, 2.45) is 0 Å². The van der Waals surface area contributed by atoms with E-state index >= 15 is 0 Å². The summed E-state index contributed by atoms with van der Waals surface area (Å²) in [5.41, 5.74) is 0.478. The lowest BCUT2D eigenvalue weighted by Gasteiger charge is -2.36. The average Bonchev–Trinajstić information content (AvgIpc) is 2.74. The zero-order valence-electron chi connectivity index (χ0n) is 8.71. The molecule has 82 valence electrons. The average molecular weight is 243 g/mol. The van der Waals surface area contributed by atoms with Gasteiger partial charge in [-0.2, -0.15) is 20.5 Å². The molecule has 1 aromatic rings. The van der Waals surface area contributed by atoms with Crippen LogP contribution in [0.1, 0.15) is 24.3 Å². The minimum Gasteiger partial charge on any atom is -0.333 e. The minimum absolute atomic E-state index is 0.0170. The van der Waals surface area contributed by atoms with Crippen LogP contribution in [0.15, 0.2) is 6.20 Å². The van der Waals surface area contributed by atoms with E-state index in [0.29, 0.717) is 10.9 Å². The summed E-state index contributed by atoms with van der Waals surface area (Å²) in [5.74, 6) is 1.03. The summed E-state index contributed by atoms with van der Waals surface area (Å²) in [5, 5.41) is 0.495. The van der Waals surface area contributed by atoms with Gasteiger partial charge in [0.25, 0.3) is 5.91 Å². The number of hydrogen-bond acceptors (Lipinski definition) is 5. The molecule has 1 aliphatic heterocycles. The molecular formula is C9H13N3OS2. The monoisotopic (exact) mass is 243 g/mol. The summed E-state index contributed by atoms with van der Waals surface area (Å²) in [6.07, 6.45) is 1.55. The fourth-order valence-electron chi connectivity index (χ4n) is 1.63. The van der Waals surface area contributed by atoms with Crippen LogP contribution in [0.5, 0.6) is 0 Å². The van der Waals surface area contributed by atoms with Crippen molar-refractivity contribution < 1.29 is 4.79 Å². The van der Waals surface area contributed by atoms with Gasteiger partial charge in [0.15, 0.2) is 5.69 Å². The van der Waals surface area contributed by atoms with E-state index in [0.717, 1.165) is 24.0 Å². The quantitative estimate of drug-likeness (QED) is 0.750. The van der Waals surface area contributed by atoms with Gasteiger partial charge in [0.05, 0.1) is 17.9 Å². The van der Waals surface area contributed by atoms with E-state index in [1.54, 1.807) is 6.20 Å². The molecule has 2 atom stereocenters. The van der Waals surface area contributed by atoms with Crippen molar-refractivity contribution in [3.05, 3.63) is 11.9 Å². The Bertz CT molecular complexity index is 341. The van der Waals surface area contributed by atoms with Gasteiger partial charge >= 0.3 is 0 Å². The summed E-state index contributed by atoms with van der Waals surface area (Å²) >= 11 is 3.00. The lowest BCUT2D eigenvalue weighted by Crippen LogP contribution is -2.48. The SMILES string of the molecule is CC1SCCN(C(=O)c2cnsn2)C1C. The van der Waals surface area contributed by atoms with Gasteiger partial charge in [-0.1, -0.05) is 6.92 Å². The molecule has 1 saturated heterocycles. The molecule has 6 heteroatoms. The topological polar surface area (TPSA) is 46.1 Å². The Kier molecular flexibility index (Phi) is 3.25. The van der Waals surface area contributed by atoms with Crippen molar-refractivity contribution in [2.75, 3.05) is 12.3 Å². The van der Waals surface area contributed by atoms with Crippen LogP contribution in [0, 0.1) is 0 Å². The van der Waals surface area contributed by atoms with Gasteiger partial charge in [-0.3, -0.25) is 4.79 Å². The largest absolute Gasteiger partial charge is 0.333 e. The third-order valence-corrected chi connectivity index (χ3v) is 4.54. The molecule has 1 fully saturated rings. The maximum atomic E-state index is 12.0. The predicted molar refractivity (Wildman–Crippen MR) is 62.3 cm³/mol. The maximum absolute atomic E-state index is 12.0. The Morgan fingerprint density at radius 3 is 3.07 bits per heavy atom. The van der Waals surface area contributed by atoms with Crippen LogP contribution in [0.3, 0.4) is 0 Å². The molecular weight excluding hydrogens is 230 g/mol. The molecule has 0 radical (unpaired) electrons. The van der Waals surface area contributed by atoms with Crippen molar-refractivity contribution in [1.29, 1.82) is 0 Å². The highest BCUT2D eigenvalue weighted by atomic mass is 32.2. The van der Waals surface area contributed by atoms with Gasteiger partial charge in [-0.05, 0) is 6.92 Å². The first kappa shape index (κ1) is 10.9. The summed E-state index contributed by atoms with van der Waals surface area (Å²) in [4.78, 5) is 13.9. The van der Waals surface area contributed by atoms with E-state index in [2.05, 4.69) is 22.6 Å². The van der Waals surface area contributed by atoms with Gasteiger partial charge in [-0.15, -0.1) is 0 Å². The van der Waals surface area contributed by atoms with Crippen LogP contribution in [0.25, 0.3) is 0 Å². The Morgan fingerprint density at radius 1 is 1.60 bits per heavy atom. The Hall–Kier alpha value is -0.620. The number of thioether (sulfide) groups is 1. The molecule has 0 spiro atoms. The molecule has 0 aromatic carbocycles. The van der Waals surface area contributed by atoms with Crippen molar-refractivity contribution in [3.63, 3.8) is 0 Å². The predicted octanol–water partition coefficient (Wildman–Crippen LogP) is 1.50. The lowest BCUT2D eigenvalue weighted by atomic mass is 10.2. The number of hydrogen-bond donors (Lipinski definition) is 0. The second kappa shape index (κ2) is 4.49. The molecule has 0 bridgehead atoms. The van der Waals surface area contributed by atoms with Crippen LogP contribution in [0.2, 0.25) is 0 Å². The van der Waals surface area contributed by atoms with Crippen LogP contribution in [0.4, 0.5) is 0 Å². The highest BCUT2D eigenvalue weighted by molar-refractivity contribution is 8.00. The molecule has 4 nitrogen and oxygen atoms in total. The zero-order valence-corrected chi connectivity index (χ0v) is 10.3. The van der Waals surface area contributed by atoms with Crippen molar-refractivity contribution in [3.8, 4) is 0 Å². The van der Waals surface area contributed by atoms with Gasteiger partial charge in [0, 0.05) is 23.6 Å². The molecule has 15 heavy (non-hydrogen) atoms. The number of amides is 1. The van der Waals surface area contributed by atoms with E-state index < -0.39 is 0 Å². The normalized spacial score (nSPS) is 26.7. The third-order valence-electron chi connectivity index (χ3n) is 2.73. The summed E-state index contributed by atoms with van der Waals surface area (Å²) in [6.45, 7) is 5.06. The van der Waals surface area contributed by atoms with Gasteiger partial charge in [0.1, 0.15) is 0 Å². The molecule has 1 aliphatic rings. The number of rotatable bonds is 1. The zero-order chi connectivity index (χ0) is 10.8. The molecule has 2 unspecified atom stereocenters. The second-order valence-electron chi connectivity index (χ2n) is 3.61. The summed E-state index contributed by atoms with van der Waals surface area (Å²) < 4.78 is 7.84. The first-order valence-corrected chi connectivity index (χ1v) is 6.68. The van der Waals surface area contributed by atoms with E-state index in [9.17, 15) is 4.79 Å². The Labute approximate surface area is 97.4 Å². The van der Waals surface area contributed by atoms with Crippen molar-refractivity contribution in [2.45, 2.75) is 25.1 Å². The van der Waals surface area contributed by atoms with Gasteiger partial charge < -0.3 is 4.90 Å². The van der Waals surface area contributed by atoms with E-state index in [1.165, 1.54) is 0 Å². The Balaban J connectivity index is 2.13. The van der Waals surface area contributed by atoms with Crippen molar-refractivity contribution >= 4 is 29.4 Å². The number of carbonyl (C=O) groups is 1. The summed E-state index contributed by atoms with van der Waals surface area (Å²) in [6, 6.07) is 0.276. The molecule has 2 heterocycles. The van der Waals surface area contributed by atoms with Crippen molar-refractivity contribution in [1.82, 2.24) is 13.6 Å². The highest BCUT2D eigenvalue weighted by Gasteiger charge is 2.30. The standard InChI is InChI=1S/C9H13N3OS2/c1-6-7(2)14-4-3-12(6)9(13)8-5-10-15-11-8/h5-7H,3-4H2,1-2H3. The molecule has 1 aromatic heterocycles. The highest BCUT2D eigenvalue weighted by Crippen LogP contribution is 2.25. The summed E-state index contributed by atoms with van der Waals surface area (Å²) in [7, 11) is 0. The minimum atomic E-state index is 0.0170. The van der Waals surface area contributed by atoms with Gasteiger partial charge in [-0.25, -0.2) is 0 Å². The third kappa shape index (κ3) is 2.15. The van der Waals surface area contributed by atoms with Crippen LogP contribution < -0.4 is 0 Å². The molecule has 2 rings (SSSR count). The molecule has 0 N–H and O–H groups in total. The number of nitrogens with zero attached hydrogens (tertiary/aromatic N) is 3. The lowest BCUT2D eigenvalue weighted by molar-refractivity contribution is 0.0693. The van der Waals surface area contributed by atoms with Crippen LogP contribution in [-0.4, -0.2) is 43.1 Å². The first-order chi connectivity index (χ1) is 7.20. The Morgan fingerprint density at radius 2 is 2.40 bits per heavy atom. The number of aromatic nitrogens is 2. The van der Waals surface area contributed by atoms with E-state index in [1.807, 2.05) is 16.7 Å². The fourth-order valence-corrected chi connectivity index (χ4v) is 3.13. The molecule has 0 aliphatic carbocycles. The van der Waals surface area contributed by atoms with Crippen LogP contribution >= 0.6 is 23.5 Å². The molecule has 0 saturated carbocycles. The van der Waals surface area contributed by atoms with Gasteiger partial charge in [0.2, 0.25) is 0 Å². The smallest absolute Gasteiger partial charge is 0.275 e.